The summed E-state index contributed by atoms with van der Waals surface area (Å²) in [6, 6.07) is 0. The van der Waals surface area contributed by atoms with Crippen LogP contribution in [0.2, 0.25) is 0 Å². The SMILES string of the molecule is C#CCC(=C)CC[N+](=O)[O-]. The molecule has 0 atom stereocenters. The molecular weight excluding hydrogens is 130 g/mol. The second kappa shape index (κ2) is 4.57. The molecule has 3 nitrogen and oxygen atoms in total. The van der Waals surface area contributed by atoms with Crippen LogP contribution in [0.5, 0.6) is 0 Å². The van der Waals surface area contributed by atoms with E-state index in [1.165, 1.54) is 0 Å². The number of rotatable bonds is 4. The average Bonchev–Trinajstić information content (AvgIpc) is 1.85. The largest absolute Gasteiger partial charge is 0.265 e. The predicted molar refractivity (Wildman–Crippen MR) is 39.1 cm³/mol. The Hall–Kier alpha value is -1.30. The number of nitrogens with zero attached hydrogens (tertiary/aromatic N) is 1. The molecule has 0 N–H and O–H groups in total. The molecule has 3 heteroatoms. The lowest BCUT2D eigenvalue weighted by Crippen LogP contribution is -2.00. The Balaban J connectivity index is 3.42. The van der Waals surface area contributed by atoms with Crippen molar-refractivity contribution >= 4 is 0 Å². The predicted octanol–water partition coefficient (Wildman–Crippen LogP) is 1.23. The zero-order valence-corrected chi connectivity index (χ0v) is 5.67. The molecule has 0 amide bonds. The minimum atomic E-state index is -0.373. The Kier molecular flexibility index (Phi) is 3.97. The fraction of sp³-hybridized carbons (Fsp3) is 0.429. The molecule has 0 saturated carbocycles. The Morgan fingerprint density at radius 3 is 2.80 bits per heavy atom. The summed E-state index contributed by atoms with van der Waals surface area (Å²) in [7, 11) is 0. The highest BCUT2D eigenvalue weighted by Crippen LogP contribution is 2.01. The summed E-state index contributed by atoms with van der Waals surface area (Å²) in [6.07, 6.45) is 5.78. The third-order valence-electron chi connectivity index (χ3n) is 1.000. The number of nitro groups is 1. The van der Waals surface area contributed by atoms with Gasteiger partial charge in [-0.2, -0.15) is 0 Å². The second-order valence-electron chi connectivity index (χ2n) is 1.94. The normalized spacial score (nSPS) is 8.30. The van der Waals surface area contributed by atoms with Gasteiger partial charge in [0.1, 0.15) is 0 Å². The van der Waals surface area contributed by atoms with Crippen molar-refractivity contribution in [2.24, 2.45) is 0 Å². The molecule has 0 rings (SSSR count). The summed E-state index contributed by atoms with van der Waals surface area (Å²) >= 11 is 0. The number of hydrogen-bond acceptors (Lipinski definition) is 2. The molecule has 0 aliphatic heterocycles. The highest BCUT2D eigenvalue weighted by molar-refractivity contribution is 5.05. The minimum Gasteiger partial charge on any atom is -0.265 e. The number of hydrogen-bond donors (Lipinski definition) is 0. The van der Waals surface area contributed by atoms with Gasteiger partial charge in [0.05, 0.1) is 0 Å². The van der Waals surface area contributed by atoms with E-state index in [-0.39, 0.29) is 11.5 Å². The molecule has 0 aromatic heterocycles. The lowest BCUT2D eigenvalue weighted by atomic mass is 10.1. The molecule has 0 aliphatic carbocycles. The summed E-state index contributed by atoms with van der Waals surface area (Å²) in [5.74, 6) is 2.37. The quantitative estimate of drug-likeness (QED) is 0.254. The van der Waals surface area contributed by atoms with Gasteiger partial charge in [0.15, 0.2) is 0 Å². The van der Waals surface area contributed by atoms with E-state index in [1.54, 1.807) is 0 Å². The van der Waals surface area contributed by atoms with Crippen molar-refractivity contribution in [1.82, 2.24) is 0 Å². The van der Waals surface area contributed by atoms with E-state index in [0.29, 0.717) is 12.8 Å². The Morgan fingerprint density at radius 1 is 1.80 bits per heavy atom. The molecule has 10 heavy (non-hydrogen) atoms. The second-order valence-corrected chi connectivity index (χ2v) is 1.94. The van der Waals surface area contributed by atoms with Crippen LogP contribution in [0.25, 0.3) is 0 Å². The lowest BCUT2D eigenvalue weighted by molar-refractivity contribution is -0.479. The van der Waals surface area contributed by atoms with Crippen molar-refractivity contribution in [2.45, 2.75) is 12.8 Å². The van der Waals surface area contributed by atoms with E-state index in [4.69, 9.17) is 6.42 Å². The van der Waals surface area contributed by atoms with Crippen molar-refractivity contribution in [3.8, 4) is 12.3 Å². The van der Waals surface area contributed by atoms with E-state index >= 15 is 0 Å². The molecule has 0 fully saturated rings. The van der Waals surface area contributed by atoms with Crippen LogP contribution in [0.1, 0.15) is 12.8 Å². The van der Waals surface area contributed by atoms with Gasteiger partial charge < -0.3 is 0 Å². The van der Waals surface area contributed by atoms with Gasteiger partial charge in [0.25, 0.3) is 0 Å². The standard InChI is InChI=1S/C7H9NO2/c1-3-4-7(2)5-6-8(9)10/h1H,2,4-6H2. The van der Waals surface area contributed by atoms with Crippen LogP contribution in [-0.2, 0) is 0 Å². The maximum Gasteiger partial charge on any atom is 0.207 e. The molecule has 0 aromatic carbocycles. The van der Waals surface area contributed by atoms with Gasteiger partial charge in [0, 0.05) is 17.8 Å². The summed E-state index contributed by atoms with van der Waals surface area (Å²) in [5.41, 5.74) is 0.749. The highest BCUT2D eigenvalue weighted by Gasteiger charge is 1.98. The molecule has 54 valence electrons. The van der Waals surface area contributed by atoms with Crippen molar-refractivity contribution in [2.75, 3.05) is 6.54 Å². The van der Waals surface area contributed by atoms with Crippen LogP contribution >= 0.6 is 0 Å². The summed E-state index contributed by atoms with van der Waals surface area (Å²) < 4.78 is 0. The third kappa shape index (κ3) is 4.85. The van der Waals surface area contributed by atoms with Gasteiger partial charge >= 0.3 is 0 Å². The van der Waals surface area contributed by atoms with E-state index < -0.39 is 0 Å². The minimum absolute atomic E-state index is 0.0689. The summed E-state index contributed by atoms with van der Waals surface area (Å²) in [6.45, 7) is 3.50. The van der Waals surface area contributed by atoms with Crippen molar-refractivity contribution in [3.63, 3.8) is 0 Å². The Bertz CT molecular complexity index is 179. The van der Waals surface area contributed by atoms with Gasteiger partial charge in [0.2, 0.25) is 6.54 Å². The van der Waals surface area contributed by atoms with E-state index in [2.05, 4.69) is 12.5 Å². The fourth-order valence-corrected chi connectivity index (χ4v) is 0.482. The molecule has 0 radical (unpaired) electrons. The van der Waals surface area contributed by atoms with E-state index in [1.807, 2.05) is 0 Å². The first-order chi connectivity index (χ1) is 4.66. The lowest BCUT2D eigenvalue weighted by Gasteiger charge is -1.94. The fourth-order valence-electron chi connectivity index (χ4n) is 0.482. The molecule has 0 bridgehead atoms. The Labute approximate surface area is 59.9 Å². The summed E-state index contributed by atoms with van der Waals surface area (Å²) in [4.78, 5) is 9.45. The molecule has 0 heterocycles. The maximum atomic E-state index is 9.82. The highest BCUT2D eigenvalue weighted by atomic mass is 16.6. The van der Waals surface area contributed by atoms with Crippen molar-refractivity contribution < 1.29 is 4.92 Å². The zero-order chi connectivity index (χ0) is 7.98. The summed E-state index contributed by atoms with van der Waals surface area (Å²) in [5, 5.41) is 9.82. The van der Waals surface area contributed by atoms with Crippen LogP contribution < -0.4 is 0 Å². The topological polar surface area (TPSA) is 43.1 Å². The Morgan fingerprint density at radius 2 is 2.40 bits per heavy atom. The number of terminal acetylenes is 1. The van der Waals surface area contributed by atoms with Gasteiger partial charge in [-0.1, -0.05) is 12.2 Å². The van der Waals surface area contributed by atoms with Gasteiger partial charge in [-0.25, -0.2) is 0 Å². The van der Waals surface area contributed by atoms with Gasteiger partial charge in [-0.05, 0) is 0 Å². The van der Waals surface area contributed by atoms with E-state index in [9.17, 15) is 10.1 Å². The van der Waals surface area contributed by atoms with Crippen molar-refractivity contribution in [1.29, 1.82) is 0 Å². The van der Waals surface area contributed by atoms with Crippen LogP contribution in [0.15, 0.2) is 12.2 Å². The zero-order valence-electron chi connectivity index (χ0n) is 5.67. The smallest absolute Gasteiger partial charge is 0.207 e. The monoisotopic (exact) mass is 139 g/mol. The first-order valence-electron chi connectivity index (χ1n) is 2.88. The molecule has 0 spiro atoms. The van der Waals surface area contributed by atoms with E-state index in [0.717, 1.165) is 5.57 Å². The molecule has 0 aliphatic rings. The molecule has 0 saturated heterocycles. The molecule has 0 unspecified atom stereocenters. The van der Waals surface area contributed by atoms with Crippen LogP contribution in [-0.4, -0.2) is 11.5 Å². The van der Waals surface area contributed by atoms with Crippen LogP contribution in [0.4, 0.5) is 0 Å². The van der Waals surface area contributed by atoms with Gasteiger partial charge in [-0.15, -0.1) is 12.3 Å². The van der Waals surface area contributed by atoms with Crippen molar-refractivity contribution in [3.05, 3.63) is 22.3 Å². The maximum absolute atomic E-state index is 9.82. The van der Waals surface area contributed by atoms with Crippen LogP contribution in [0, 0.1) is 22.5 Å². The van der Waals surface area contributed by atoms with Crippen LogP contribution in [0.3, 0.4) is 0 Å². The van der Waals surface area contributed by atoms with Gasteiger partial charge in [-0.3, -0.25) is 10.1 Å². The third-order valence-corrected chi connectivity index (χ3v) is 1.000. The molecular formula is C7H9NO2. The molecule has 0 aromatic rings. The first kappa shape index (κ1) is 8.70. The average molecular weight is 139 g/mol. The first-order valence-corrected chi connectivity index (χ1v) is 2.88.